The van der Waals surface area contributed by atoms with E-state index < -0.39 is 0 Å². The molecule has 2 N–H and O–H groups in total. The lowest BCUT2D eigenvalue weighted by Crippen LogP contribution is -2.05. The minimum Gasteiger partial charge on any atom is -0.485 e. The Kier molecular flexibility index (Phi) is 4.80. The third kappa shape index (κ3) is 3.47. The van der Waals surface area contributed by atoms with E-state index in [2.05, 4.69) is 11.9 Å². The van der Waals surface area contributed by atoms with Crippen LogP contribution < -0.4 is 10.5 Å². The monoisotopic (exact) mass is 296 g/mol. The van der Waals surface area contributed by atoms with Crippen molar-refractivity contribution in [3.8, 4) is 5.75 Å². The summed E-state index contributed by atoms with van der Waals surface area (Å²) < 4.78 is 5.69. The maximum Gasteiger partial charge on any atom is 0.140 e. The second kappa shape index (κ2) is 6.37. The zero-order valence-electron chi connectivity index (χ0n) is 11.0. The predicted molar refractivity (Wildman–Crippen MR) is 79.9 cm³/mol. The summed E-state index contributed by atoms with van der Waals surface area (Å²) in [6.07, 6.45) is 0.888. The number of para-hydroxylation sites is 1. The van der Waals surface area contributed by atoms with Crippen LogP contribution in [-0.2, 0) is 13.0 Å². The van der Waals surface area contributed by atoms with E-state index in [1.165, 1.54) is 0 Å². The standard InChI is InChI=1S/C14H17ClN2OS/c1-3-11-14(9(2)16)19-13(17-11)8-18-12-7-5-4-6-10(12)15/h4-7,9H,3,8,16H2,1-2H3. The molecule has 0 amide bonds. The van der Waals surface area contributed by atoms with Crippen molar-refractivity contribution in [2.45, 2.75) is 32.9 Å². The second-order valence-corrected chi connectivity index (χ2v) is 5.80. The Morgan fingerprint density at radius 2 is 2.16 bits per heavy atom. The SMILES string of the molecule is CCc1nc(COc2ccccc2Cl)sc1C(C)N. The van der Waals surface area contributed by atoms with Crippen molar-refractivity contribution in [1.29, 1.82) is 0 Å². The molecule has 0 bridgehead atoms. The Hall–Kier alpha value is -1.10. The summed E-state index contributed by atoms with van der Waals surface area (Å²) in [5.41, 5.74) is 7.01. The van der Waals surface area contributed by atoms with Gasteiger partial charge in [-0.05, 0) is 25.5 Å². The van der Waals surface area contributed by atoms with Crippen LogP contribution in [0.5, 0.6) is 5.75 Å². The van der Waals surface area contributed by atoms with Crippen LogP contribution in [0.15, 0.2) is 24.3 Å². The Balaban J connectivity index is 2.10. The molecule has 1 aromatic heterocycles. The number of nitrogens with zero attached hydrogens (tertiary/aromatic N) is 1. The summed E-state index contributed by atoms with van der Waals surface area (Å²) in [6.45, 7) is 4.49. The van der Waals surface area contributed by atoms with Crippen LogP contribution in [-0.4, -0.2) is 4.98 Å². The summed E-state index contributed by atoms with van der Waals surface area (Å²) in [6, 6.07) is 7.45. The largest absolute Gasteiger partial charge is 0.485 e. The normalized spacial score (nSPS) is 12.4. The van der Waals surface area contributed by atoms with Crippen LogP contribution in [0, 0.1) is 0 Å². The van der Waals surface area contributed by atoms with Gasteiger partial charge in [0.15, 0.2) is 0 Å². The minimum atomic E-state index is 0.0153. The van der Waals surface area contributed by atoms with Crippen LogP contribution in [0.3, 0.4) is 0 Å². The van der Waals surface area contributed by atoms with E-state index in [1.807, 2.05) is 31.2 Å². The number of hydrogen-bond acceptors (Lipinski definition) is 4. The van der Waals surface area contributed by atoms with Crippen molar-refractivity contribution < 1.29 is 4.74 Å². The fraction of sp³-hybridized carbons (Fsp3) is 0.357. The maximum atomic E-state index is 6.04. The van der Waals surface area contributed by atoms with Crippen LogP contribution >= 0.6 is 22.9 Å². The molecule has 3 nitrogen and oxygen atoms in total. The highest BCUT2D eigenvalue weighted by atomic mass is 35.5. The second-order valence-electron chi connectivity index (χ2n) is 4.28. The van der Waals surface area contributed by atoms with E-state index in [0.29, 0.717) is 17.4 Å². The van der Waals surface area contributed by atoms with Crippen molar-refractivity contribution in [2.75, 3.05) is 0 Å². The highest BCUT2D eigenvalue weighted by Gasteiger charge is 2.13. The fourth-order valence-electron chi connectivity index (χ4n) is 1.79. The average molecular weight is 297 g/mol. The van der Waals surface area contributed by atoms with Gasteiger partial charge >= 0.3 is 0 Å². The molecule has 19 heavy (non-hydrogen) atoms. The zero-order chi connectivity index (χ0) is 13.8. The molecule has 0 spiro atoms. The van der Waals surface area contributed by atoms with Crippen LogP contribution in [0.1, 0.15) is 35.5 Å². The Labute approximate surface area is 122 Å². The zero-order valence-corrected chi connectivity index (χ0v) is 12.6. The smallest absolute Gasteiger partial charge is 0.140 e. The van der Waals surface area contributed by atoms with Gasteiger partial charge in [-0.25, -0.2) is 4.98 Å². The summed E-state index contributed by atoms with van der Waals surface area (Å²) in [4.78, 5) is 5.70. The predicted octanol–water partition coefficient (Wildman–Crippen LogP) is 3.96. The van der Waals surface area contributed by atoms with Gasteiger partial charge in [0.1, 0.15) is 17.4 Å². The van der Waals surface area contributed by atoms with E-state index in [-0.39, 0.29) is 6.04 Å². The highest BCUT2D eigenvalue weighted by molar-refractivity contribution is 7.11. The van der Waals surface area contributed by atoms with Gasteiger partial charge < -0.3 is 10.5 Å². The first kappa shape index (κ1) is 14.3. The van der Waals surface area contributed by atoms with Gasteiger partial charge in [0, 0.05) is 10.9 Å². The van der Waals surface area contributed by atoms with Crippen molar-refractivity contribution in [3.05, 3.63) is 44.9 Å². The summed E-state index contributed by atoms with van der Waals surface area (Å²) in [5, 5.41) is 1.55. The maximum absolute atomic E-state index is 6.04. The fourth-order valence-corrected chi connectivity index (χ4v) is 3.00. The van der Waals surface area contributed by atoms with Gasteiger partial charge in [-0.15, -0.1) is 11.3 Å². The molecule has 5 heteroatoms. The Bertz CT molecular complexity index is 554. The van der Waals surface area contributed by atoms with Crippen LogP contribution in [0.4, 0.5) is 0 Å². The van der Waals surface area contributed by atoms with Crippen LogP contribution in [0.25, 0.3) is 0 Å². The number of aromatic nitrogens is 1. The molecular weight excluding hydrogens is 280 g/mol. The first-order chi connectivity index (χ1) is 9.11. The summed E-state index contributed by atoms with van der Waals surface area (Å²) in [7, 11) is 0. The molecule has 0 radical (unpaired) electrons. The van der Waals surface area contributed by atoms with Crippen molar-refractivity contribution in [1.82, 2.24) is 4.98 Å². The molecule has 1 heterocycles. The number of ether oxygens (including phenoxy) is 1. The Morgan fingerprint density at radius 3 is 2.74 bits per heavy atom. The molecule has 1 atom stereocenters. The van der Waals surface area contributed by atoms with Gasteiger partial charge in [0.2, 0.25) is 0 Å². The molecule has 2 rings (SSSR count). The Morgan fingerprint density at radius 1 is 1.42 bits per heavy atom. The van der Waals surface area contributed by atoms with Gasteiger partial charge in [0.05, 0.1) is 10.7 Å². The van der Waals surface area contributed by atoms with Gasteiger partial charge in [-0.2, -0.15) is 0 Å². The lowest BCUT2D eigenvalue weighted by molar-refractivity contribution is 0.305. The number of hydrogen-bond donors (Lipinski definition) is 1. The third-order valence-corrected chi connectivity index (χ3v) is 4.29. The number of rotatable bonds is 5. The van der Waals surface area contributed by atoms with Crippen molar-refractivity contribution >= 4 is 22.9 Å². The van der Waals surface area contributed by atoms with Crippen molar-refractivity contribution in [3.63, 3.8) is 0 Å². The van der Waals surface area contributed by atoms with Crippen molar-refractivity contribution in [2.24, 2.45) is 5.73 Å². The molecule has 102 valence electrons. The molecule has 0 aliphatic heterocycles. The molecule has 1 unspecified atom stereocenters. The quantitative estimate of drug-likeness (QED) is 0.908. The number of nitrogens with two attached hydrogens (primary N) is 1. The number of benzene rings is 1. The van der Waals surface area contributed by atoms with Gasteiger partial charge in [0.25, 0.3) is 0 Å². The van der Waals surface area contributed by atoms with Crippen LogP contribution in [0.2, 0.25) is 5.02 Å². The van der Waals surface area contributed by atoms with E-state index in [1.54, 1.807) is 11.3 Å². The summed E-state index contributed by atoms with van der Waals surface area (Å²) >= 11 is 7.66. The van der Waals surface area contributed by atoms with Gasteiger partial charge in [-0.3, -0.25) is 0 Å². The molecule has 0 saturated carbocycles. The van der Waals surface area contributed by atoms with E-state index in [4.69, 9.17) is 22.1 Å². The lowest BCUT2D eigenvalue weighted by atomic mass is 10.2. The highest BCUT2D eigenvalue weighted by Crippen LogP contribution is 2.27. The molecule has 0 fully saturated rings. The third-order valence-electron chi connectivity index (χ3n) is 2.71. The summed E-state index contributed by atoms with van der Waals surface area (Å²) in [5.74, 6) is 0.680. The molecular formula is C14H17ClN2OS. The molecule has 0 aliphatic carbocycles. The number of thiazole rings is 1. The minimum absolute atomic E-state index is 0.0153. The van der Waals surface area contributed by atoms with Gasteiger partial charge in [-0.1, -0.05) is 30.7 Å². The molecule has 0 aliphatic rings. The van der Waals surface area contributed by atoms with E-state index >= 15 is 0 Å². The number of aryl methyl sites for hydroxylation is 1. The first-order valence-electron chi connectivity index (χ1n) is 6.23. The lowest BCUT2D eigenvalue weighted by Gasteiger charge is -2.05. The number of halogens is 1. The topological polar surface area (TPSA) is 48.1 Å². The van der Waals surface area contributed by atoms with E-state index in [0.717, 1.165) is 22.0 Å². The first-order valence-corrected chi connectivity index (χ1v) is 7.42. The van der Waals surface area contributed by atoms with E-state index in [9.17, 15) is 0 Å². The average Bonchev–Trinajstić information content (AvgIpc) is 2.81. The molecule has 0 saturated heterocycles. The molecule has 1 aromatic carbocycles. The molecule has 2 aromatic rings.